The van der Waals surface area contributed by atoms with Crippen LogP contribution in [0, 0.1) is 0 Å². The number of nitrogens with one attached hydrogen (secondary N) is 1. The number of hydrogen-bond acceptors (Lipinski definition) is 2. The quantitative estimate of drug-likeness (QED) is 0.479. The maximum absolute atomic E-state index is 8.53. The molecule has 0 aliphatic heterocycles. The van der Waals surface area contributed by atoms with Crippen molar-refractivity contribution in [3.63, 3.8) is 0 Å². The van der Waals surface area contributed by atoms with Gasteiger partial charge in [0, 0.05) is 17.0 Å². The van der Waals surface area contributed by atoms with Crippen LogP contribution in [0.3, 0.4) is 0 Å². The first-order valence-electron chi connectivity index (χ1n) is 6.16. The molecule has 90 valence electrons. The molecule has 1 saturated carbocycles. The van der Waals surface area contributed by atoms with E-state index in [0.717, 1.165) is 19.3 Å². The Kier molecular flexibility index (Phi) is 4.02. The van der Waals surface area contributed by atoms with Gasteiger partial charge in [0.1, 0.15) is 0 Å². The summed E-state index contributed by atoms with van der Waals surface area (Å²) in [6.45, 7) is 2.15. The van der Waals surface area contributed by atoms with Crippen LogP contribution in [0.15, 0.2) is 35.4 Å². The van der Waals surface area contributed by atoms with Crippen LogP contribution in [-0.2, 0) is 0 Å². The number of nitrogens with zero attached hydrogens (tertiary/aromatic N) is 3. The van der Waals surface area contributed by atoms with Gasteiger partial charge < -0.3 is 5.32 Å². The van der Waals surface area contributed by atoms with Gasteiger partial charge in [-0.3, -0.25) is 0 Å². The van der Waals surface area contributed by atoms with E-state index in [1.54, 1.807) is 0 Å². The molecule has 0 heterocycles. The molecule has 0 saturated heterocycles. The van der Waals surface area contributed by atoms with Crippen molar-refractivity contribution < 1.29 is 0 Å². The van der Waals surface area contributed by atoms with Crippen molar-refractivity contribution >= 4 is 0 Å². The highest BCUT2D eigenvalue weighted by Gasteiger charge is 2.27. The molecule has 1 fully saturated rings. The molecule has 0 bridgehead atoms. The molecule has 4 nitrogen and oxygen atoms in total. The van der Waals surface area contributed by atoms with E-state index in [9.17, 15) is 0 Å². The van der Waals surface area contributed by atoms with Gasteiger partial charge in [0.15, 0.2) is 0 Å². The van der Waals surface area contributed by atoms with Gasteiger partial charge in [0.25, 0.3) is 0 Å². The van der Waals surface area contributed by atoms with Crippen molar-refractivity contribution in [3.05, 3.63) is 46.3 Å². The molecule has 1 N–H and O–H groups in total. The van der Waals surface area contributed by atoms with Gasteiger partial charge >= 0.3 is 0 Å². The SMILES string of the molecule is C[C@@H](N[C@H]1CCC[C@@H]1N=[N+]=[N-])c1ccccc1. The van der Waals surface area contributed by atoms with E-state index in [0.29, 0.717) is 12.1 Å². The number of benzene rings is 1. The van der Waals surface area contributed by atoms with Gasteiger partial charge in [0.05, 0.1) is 6.04 Å². The third-order valence-corrected chi connectivity index (χ3v) is 3.44. The van der Waals surface area contributed by atoms with E-state index in [4.69, 9.17) is 5.53 Å². The van der Waals surface area contributed by atoms with Crippen LogP contribution >= 0.6 is 0 Å². The van der Waals surface area contributed by atoms with Crippen LogP contribution in [0.4, 0.5) is 0 Å². The maximum atomic E-state index is 8.53. The zero-order valence-electron chi connectivity index (χ0n) is 10.1. The first kappa shape index (κ1) is 12.0. The molecule has 1 aromatic carbocycles. The maximum Gasteiger partial charge on any atom is 0.0527 e. The summed E-state index contributed by atoms with van der Waals surface area (Å²) in [5.41, 5.74) is 9.80. The van der Waals surface area contributed by atoms with Gasteiger partial charge in [-0.1, -0.05) is 41.9 Å². The van der Waals surface area contributed by atoms with Crippen LogP contribution in [0.25, 0.3) is 10.4 Å². The lowest BCUT2D eigenvalue weighted by atomic mass is 10.1. The average Bonchev–Trinajstić information content (AvgIpc) is 2.78. The topological polar surface area (TPSA) is 60.8 Å². The Balaban J connectivity index is 1.99. The Hall–Kier alpha value is -1.51. The lowest BCUT2D eigenvalue weighted by Crippen LogP contribution is -2.36. The number of rotatable bonds is 4. The van der Waals surface area contributed by atoms with Crippen molar-refractivity contribution in [2.75, 3.05) is 0 Å². The molecule has 1 aliphatic carbocycles. The molecule has 3 atom stereocenters. The summed E-state index contributed by atoms with van der Waals surface area (Å²) in [7, 11) is 0. The fourth-order valence-electron chi connectivity index (χ4n) is 2.50. The summed E-state index contributed by atoms with van der Waals surface area (Å²) in [6, 6.07) is 11.1. The van der Waals surface area contributed by atoms with E-state index in [-0.39, 0.29) is 6.04 Å². The van der Waals surface area contributed by atoms with Crippen molar-refractivity contribution in [2.24, 2.45) is 5.11 Å². The summed E-state index contributed by atoms with van der Waals surface area (Å²) in [5.74, 6) is 0. The van der Waals surface area contributed by atoms with Crippen molar-refractivity contribution in [3.8, 4) is 0 Å². The zero-order valence-corrected chi connectivity index (χ0v) is 10.1. The highest BCUT2D eigenvalue weighted by atomic mass is 15.2. The fraction of sp³-hybridized carbons (Fsp3) is 0.538. The van der Waals surface area contributed by atoms with Crippen LogP contribution in [0.1, 0.15) is 37.8 Å². The minimum Gasteiger partial charge on any atom is -0.307 e. The Labute approximate surface area is 102 Å². The van der Waals surface area contributed by atoms with E-state index in [1.807, 2.05) is 18.2 Å². The van der Waals surface area contributed by atoms with Crippen LogP contribution in [0.5, 0.6) is 0 Å². The Morgan fingerprint density at radius 2 is 2.12 bits per heavy atom. The van der Waals surface area contributed by atoms with E-state index >= 15 is 0 Å². The first-order chi connectivity index (χ1) is 8.31. The molecule has 0 unspecified atom stereocenters. The van der Waals surface area contributed by atoms with Gasteiger partial charge in [-0.2, -0.15) is 0 Å². The van der Waals surface area contributed by atoms with Crippen LogP contribution in [0.2, 0.25) is 0 Å². The third-order valence-electron chi connectivity index (χ3n) is 3.44. The zero-order chi connectivity index (χ0) is 12.1. The smallest absolute Gasteiger partial charge is 0.0527 e. The number of azide groups is 1. The summed E-state index contributed by atoms with van der Waals surface area (Å²) >= 11 is 0. The second-order valence-corrected chi connectivity index (χ2v) is 4.61. The van der Waals surface area contributed by atoms with Gasteiger partial charge in [0.2, 0.25) is 0 Å². The molecule has 1 aromatic rings. The first-order valence-corrected chi connectivity index (χ1v) is 6.16. The predicted molar refractivity (Wildman–Crippen MR) is 68.6 cm³/mol. The van der Waals surface area contributed by atoms with E-state index < -0.39 is 0 Å². The molecule has 17 heavy (non-hydrogen) atoms. The van der Waals surface area contributed by atoms with Crippen LogP contribution in [-0.4, -0.2) is 12.1 Å². The summed E-state index contributed by atoms with van der Waals surface area (Å²) in [5, 5.41) is 7.43. The lowest BCUT2D eigenvalue weighted by molar-refractivity contribution is 0.426. The molecule has 0 radical (unpaired) electrons. The molecule has 1 aliphatic rings. The summed E-state index contributed by atoms with van der Waals surface area (Å²) in [4.78, 5) is 2.93. The predicted octanol–water partition coefficient (Wildman–Crippen LogP) is 3.57. The molecular weight excluding hydrogens is 212 g/mol. The fourth-order valence-corrected chi connectivity index (χ4v) is 2.50. The molecule has 0 amide bonds. The second-order valence-electron chi connectivity index (χ2n) is 4.61. The largest absolute Gasteiger partial charge is 0.307 e. The number of hydrogen-bond donors (Lipinski definition) is 1. The van der Waals surface area contributed by atoms with E-state index in [1.165, 1.54) is 5.56 Å². The Bertz CT molecular complexity index is 397. The molecular formula is C13H18N4. The molecule has 2 rings (SSSR count). The van der Waals surface area contributed by atoms with Crippen LogP contribution < -0.4 is 5.32 Å². The summed E-state index contributed by atoms with van der Waals surface area (Å²) in [6.07, 6.45) is 3.24. The monoisotopic (exact) mass is 230 g/mol. The van der Waals surface area contributed by atoms with Crippen molar-refractivity contribution in [2.45, 2.75) is 44.3 Å². The lowest BCUT2D eigenvalue weighted by Gasteiger charge is -2.22. The highest BCUT2D eigenvalue weighted by Crippen LogP contribution is 2.25. The second kappa shape index (κ2) is 5.71. The minimum absolute atomic E-state index is 0.117. The standard InChI is InChI=1S/C13H18N4/c1-10(11-6-3-2-4-7-11)15-12-8-5-9-13(12)16-17-14/h2-4,6-7,10,12-13,15H,5,8-9H2,1H3/t10-,12+,13+/m1/s1. The minimum atomic E-state index is 0.117. The van der Waals surface area contributed by atoms with Gasteiger partial charge in [-0.25, -0.2) is 0 Å². The average molecular weight is 230 g/mol. The highest BCUT2D eigenvalue weighted by molar-refractivity contribution is 5.18. The van der Waals surface area contributed by atoms with Gasteiger partial charge in [-0.15, -0.1) is 0 Å². The molecule has 4 heteroatoms. The van der Waals surface area contributed by atoms with E-state index in [2.05, 4.69) is 34.4 Å². The van der Waals surface area contributed by atoms with Gasteiger partial charge in [-0.05, 0) is 30.9 Å². The van der Waals surface area contributed by atoms with Crippen molar-refractivity contribution in [1.29, 1.82) is 0 Å². The Morgan fingerprint density at radius 1 is 1.35 bits per heavy atom. The normalized spacial score (nSPS) is 25.2. The molecule has 0 aromatic heterocycles. The molecule has 0 spiro atoms. The summed E-state index contributed by atoms with van der Waals surface area (Å²) < 4.78 is 0. The van der Waals surface area contributed by atoms with Crippen molar-refractivity contribution in [1.82, 2.24) is 5.32 Å². The third kappa shape index (κ3) is 2.99. The Morgan fingerprint density at radius 3 is 2.82 bits per heavy atom.